The molecule has 106 valence electrons. The summed E-state index contributed by atoms with van der Waals surface area (Å²) in [6, 6.07) is 2.05. The molecule has 0 aromatic rings. The number of rotatable bonds is 10. The lowest BCUT2D eigenvalue weighted by molar-refractivity contribution is 0.482. The molecule has 0 aromatic carbocycles. The zero-order valence-corrected chi connectivity index (χ0v) is 12.6. The molecule has 0 aliphatic rings. The fourth-order valence-corrected chi connectivity index (χ4v) is 3.58. The van der Waals surface area contributed by atoms with Gasteiger partial charge in [0.1, 0.15) is 0 Å². The normalized spacial score (nSPS) is 15.0. The van der Waals surface area contributed by atoms with Crippen LogP contribution in [0.2, 0.25) is 0 Å². The first-order valence-electron chi connectivity index (χ1n) is 6.84. The Balaban J connectivity index is 4.65. The highest BCUT2D eigenvalue weighted by Gasteiger charge is 2.42. The fraction of sp³-hybridized carbons (Fsp3) is 0.923. The van der Waals surface area contributed by atoms with Gasteiger partial charge in [0.15, 0.2) is 4.75 Å². The Labute approximate surface area is 112 Å². The van der Waals surface area contributed by atoms with Crippen molar-refractivity contribution in [1.29, 1.82) is 5.26 Å². The fourth-order valence-electron chi connectivity index (χ4n) is 2.18. The van der Waals surface area contributed by atoms with Crippen molar-refractivity contribution in [2.45, 2.75) is 70.0 Å². The molecule has 0 radical (unpaired) electrons. The van der Waals surface area contributed by atoms with E-state index >= 15 is 0 Å². The zero-order chi connectivity index (χ0) is 14.1. The number of sulfonamides is 1. The molecule has 0 spiro atoms. The van der Waals surface area contributed by atoms with Crippen molar-refractivity contribution in [3.63, 3.8) is 0 Å². The molecule has 0 saturated heterocycles. The van der Waals surface area contributed by atoms with Crippen molar-refractivity contribution < 1.29 is 8.42 Å². The van der Waals surface area contributed by atoms with Crippen LogP contribution in [0.3, 0.4) is 0 Å². The molecule has 0 aliphatic carbocycles. The van der Waals surface area contributed by atoms with Crippen LogP contribution < -0.4 is 4.72 Å². The van der Waals surface area contributed by atoms with E-state index in [4.69, 9.17) is 0 Å². The van der Waals surface area contributed by atoms with E-state index in [-0.39, 0.29) is 0 Å². The molecule has 1 N–H and O–H groups in total. The Morgan fingerprint density at radius 1 is 1.06 bits per heavy atom. The van der Waals surface area contributed by atoms with Gasteiger partial charge in [-0.15, -0.1) is 0 Å². The summed E-state index contributed by atoms with van der Waals surface area (Å²) >= 11 is 0. The third-order valence-electron chi connectivity index (χ3n) is 3.32. The summed E-state index contributed by atoms with van der Waals surface area (Å²) in [5.41, 5.74) is 0. The topological polar surface area (TPSA) is 70.0 Å². The molecule has 1 atom stereocenters. The maximum Gasteiger partial charge on any atom is 0.230 e. The van der Waals surface area contributed by atoms with Gasteiger partial charge in [0.2, 0.25) is 10.0 Å². The minimum atomic E-state index is -3.54. The van der Waals surface area contributed by atoms with Crippen molar-refractivity contribution in [3.05, 3.63) is 0 Å². The standard InChI is InChI=1S/C13H26N2O2S/c1-4-6-7-8-9-11-13(12-14,10-5-2)18(16,17)15-3/h15H,4-11H2,1-3H3. The van der Waals surface area contributed by atoms with Crippen LogP contribution >= 0.6 is 0 Å². The Morgan fingerprint density at radius 3 is 2.11 bits per heavy atom. The number of unbranched alkanes of at least 4 members (excludes halogenated alkanes) is 4. The van der Waals surface area contributed by atoms with Gasteiger partial charge in [-0.05, 0) is 19.9 Å². The van der Waals surface area contributed by atoms with E-state index in [0.29, 0.717) is 19.3 Å². The first-order valence-corrected chi connectivity index (χ1v) is 8.32. The van der Waals surface area contributed by atoms with Gasteiger partial charge in [0.25, 0.3) is 0 Å². The Morgan fingerprint density at radius 2 is 1.67 bits per heavy atom. The highest BCUT2D eigenvalue weighted by Crippen LogP contribution is 2.28. The number of nitriles is 1. The lowest BCUT2D eigenvalue weighted by Gasteiger charge is -2.25. The molecule has 0 heterocycles. The van der Waals surface area contributed by atoms with Gasteiger partial charge < -0.3 is 0 Å². The smallest absolute Gasteiger partial charge is 0.217 e. The van der Waals surface area contributed by atoms with E-state index in [1.165, 1.54) is 13.5 Å². The first kappa shape index (κ1) is 17.4. The van der Waals surface area contributed by atoms with Gasteiger partial charge in [0, 0.05) is 0 Å². The quantitative estimate of drug-likeness (QED) is 0.623. The van der Waals surface area contributed by atoms with E-state index in [1.54, 1.807) is 0 Å². The molecule has 0 amide bonds. The molecule has 1 unspecified atom stereocenters. The highest BCUT2D eigenvalue weighted by atomic mass is 32.2. The molecular formula is C13H26N2O2S. The lowest BCUT2D eigenvalue weighted by Crippen LogP contribution is -2.43. The van der Waals surface area contributed by atoms with Crippen LogP contribution in [0.4, 0.5) is 0 Å². The molecule has 0 aromatic heterocycles. The minimum absolute atomic E-state index is 0.403. The van der Waals surface area contributed by atoms with Gasteiger partial charge in [-0.3, -0.25) is 0 Å². The molecule has 4 nitrogen and oxygen atoms in total. The maximum atomic E-state index is 12.0. The summed E-state index contributed by atoms with van der Waals surface area (Å²) in [4.78, 5) is 0. The van der Waals surface area contributed by atoms with Crippen molar-refractivity contribution in [3.8, 4) is 6.07 Å². The van der Waals surface area contributed by atoms with Gasteiger partial charge in [-0.1, -0.05) is 52.4 Å². The van der Waals surface area contributed by atoms with Gasteiger partial charge in [-0.25, -0.2) is 13.1 Å². The SMILES string of the molecule is CCCCCCCC(C#N)(CCC)S(=O)(=O)NC. The molecule has 0 fully saturated rings. The van der Waals surface area contributed by atoms with E-state index < -0.39 is 14.8 Å². The third kappa shape index (κ3) is 4.58. The van der Waals surface area contributed by atoms with Crippen LogP contribution in [-0.4, -0.2) is 20.2 Å². The number of nitrogens with one attached hydrogen (secondary N) is 1. The number of hydrogen-bond donors (Lipinski definition) is 1. The lowest BCUT2D eigenvalue weighted by atomic mass is 9.96. The summed E-state index contributed by atoms with van der Waals surface area (Å²) < 4.78 is 25.1. The maximum absolute atomic E-state index is 12.0. The predicted molar refractivity (Wildman–Crippen MR) is 74.6 cm³/mol. The second kappa shape index (κ2) is 8.49. The molecule has 18 heavy (non-hydrogen) atoms. The average molecular weight is 274 g/mol. The van der Waals surface area contributed by atoms with E-state index in [1.807, 2.05) is 13.0 Å². The summed E-state index contributed by atoms with van der Waals surface area (Å²) in [6.07, 6.45) is 6.78. The summed E-state index contributed by atoms with van der Waals surface area (Å²) in [7, 11) is -2.15. The van der Waals surface area contributed by atoms with Crippen LogP contribution in [0.15, 0.2) is 0 Å². The second-order valence-electron chi connectivity index (χ2n) is 4.73. The molecule has 0 bridgehead atoms. The van der Waals surface area contributed by atoms with E-state index in [9.17, 15) is 13.7 Å². The number of hydrogen-bond acceptors (Lipinski definition) is 3. The van der Waals surface area contributed by atoms with Crippen molar-refractivity contribution in [2.75, 3.05) is 7.05 Å². The van der Waals surface area contributed by atoms with E-state index in [2.05, 4.69) is 11.6 Å². The molecular weight excluding hydrogens is 248 g/mol. The Kier molecular flexibility index (Phi) is 8.21. The highest BCUT2D eigenvalue weighted by molar-refractivity contribution is 7.91. The van der Waals surface area contributed by atoms with Gasteiger partial charge in [0.05, 0.1) is 6.07 Å². The van der Waals surface area contributed by atoms with Crippen LogP contribution in [0.5, 0.6) is 0 Å². The van der Waals surface area contributed by atoms with Crippen molar-refractivity contribution >= 4 is 10.0 Å². The Bertz CT molecular complexity index is 360. The summed E-state index contributed by atoms with van der Waals surface area (Å²) in [5.74, 6) is 0. The molecule has 0 rings (SSSR count). The largest absolute Gasteiger partial charge is 0.230 e. The summed E-state index contributed by atoms with van der Waals surface area (Å²) in [5, 5.41) is 9.31. The molecule has 0 saturated carbocycles. The van der Waals surface area contributed by atoms with Crippen LogP contribution in [0.25, 0.3) is 0 Å². The zero-order valence-electron chi connectivity index (χ0n) is 11.8. The minimum Gasteiger partial charge on any atom is -0.217 e. The van der Waals surface area contributed by atoms with Crippen molar-refractivity contribution in [1.82, 2.24) is 4.72 Å². The van der Waals surface area contributed by atoms with Gasteiger partial charge in [-0.2, -0.15) is 5.26 Å². The Hall–Kier alpha value is -0.600. The first-order chi connectivity index (χ1) is 8.49. The molecule has 5 heteroatoms. The van der Waals surface area contributed by atoms with Crippen LogP contribution in [0, 0.1) is 11.3 Å². The third-order valence-corrected chi connectivity index (χ3v) is 5.39. The van der Waals surface area contributed by atoms with Crippen molar-refractivity contribution in [2.24, 2.45) is 0 Å². The predicted octanol–water partition coefficient (Wildman–Crippen LogP) is 2.96. The monoisotopic (exact) mass is 274 g/mol. The number of nitrogens with zero attached hydrogens (tertiary/aromatic N) is 1. The van der Waals surface area contributed by atoms with Crippen LogP contribution in [0.1, 0.15) is 65.2 Å². The average Bonchev–Trinajstić information content (AvgIpc) is 2.37. The van der Waals surface area contributed by atoms with Crippen LogP contribution in [-0.2, 0) is 10.0 Å². The second-order valence-corrected chi connectivity index (χ2v) is 6.92. The summed E-state index contributed by atoms with van der Waals surface area (Å²) in [6.45, 7) is 4.05. The van der Waals surface area contributed by atoms with E-state index in [0.717, 1.165) is 25.7 Å². The van der Waals surface area contributed by atoms with Gasteiger partial charge >= 0.3 is 0 Å². The molecule has 0 aliphatic heterocycles.